The molecule has 1 aromatic carbocycles. The van der Waals surface area contributed by atoms with Crippen LogP contribution in [0.15, 0.2) is 23.1 Å². The Morgan fingerprint density at radius 1 is 1.23 bits per heavy atom. The van der Waals surface area contributed by atoms with E-state index in [1.165, 1.54) is 31.0 Å². The lowest BCUT2D eigenvalue weighted by atomic mass is 10.1. The van der Waals surface area contributed by atoms with E-state index in [9.17, 15) is 13.2 Å². The number of nitrogens with one attached hydrogen (secondary N) is 2. The standard InChI is InChI=1S/C18H27ClN2O4S/c1-2-11-20-26(23,24)15-9-10-17(16(19)12-15)25-13-18(22)21-14-7-5-3-4-6-8-14/h9-10,12,14,20H,2-8,11,13H2,1H3,(H,21,22). The van der Waals surface area contributed by atoms with Crippen LogP contribution >= 0.6 is 11.6 Å². The van der Waals surface area contributed by atoms with E-state index in [4.69, 9.17) is 16.3 Å². The third-order valence-electron chi connectivity index (χ3n) is 4.33. The van der Waals surface area contributed by atoms with Crippen LogP contribution in [-0.4, -0.2) is 33.5 Å². The molecule has 1 fully saturated rings. The predicted molar refractivity (Wildman–Crippen MR) is 102 cm³/mol. The van der Waals surface area contributed by atoms with Crippen LogP contribution in [0.5, 0.6) is 5.75 Å². The Balaban J connectivity index is 1.90. The Bertz CT molecular complexity index is 701. The van der Waals surface area contributed by atoms with Crippen LogP contribution in [-0.2, 0) is 14.8 Å². The van der Waals surface area contributed by atoms with Crippen molar-refractivity contribution < 1.29 is 17.9 Å². The lowest BCUT2D eigenvalue weighted by Gasteiger charge is -2.16. The maximum Gasteiger partial charge on any atom is 0.258 e. The molecule has 0 atom stereocenters. The van der Waals surface area contributed by atoms with Gasteiger partial charge in [0.15, 0.2) is 6.61 Å². The van der Waals surface area contributed by atoms with Crippen molar-refractivity contribution >= 4 is 27.5 Å². The lowest BCUT2D eigenvalue weighted by Crippen LogP contribution is -2.37. The number of benzene rings is 1. The fourth-order valence-corrected chi connectivity index (χ4v) is 4.38. The van der Waals surface area contributed by atoms with Gasteiger partial charge in [-0.3, -0.25) is 4.79 Å². The highest BCUT2D eigenvalue weighted by Crippen LogP contribution is 2.27. The Hall–Kier alpha value is -1.31. The quantitative estimate of drug-likeness (QED) is 0.653. The molecule has 0 radical (unpaired) electrons. The minimum atomic E-state index is -3.58. The van der Waals surface area contributed by atoms with Crippen molar-refractivity contribution in [2.24, 2.45) is 0 Å². The fourth-order valence-electron chi connectivity index (χ4n) is 2.92. The Morgan fingerprint density at radius 3 is 2.54 bits per heavy atom. The summed E-state index contributed by atoms with van der Waals surface area (Å²) in [6.07, 6.45) is 7.43. The zero-order valence-electron chi connectivity index (χ0n) is 15.1. The molecule has 146 valence electrons. The highest BCUT2D eigenvalue weighted by atomic mass is 35.5. The number of carbonyl (C=O) groups is 1. The molecule has 1 aliphatic rings. The van der Waals surface area contributed by atoms with Gasteiger partial charge in [0, 0.05) is 12.6 Å². The third kappa shape index (κ3) is 6.45. The molecule has 0 heterocycles. The summed E-state index contributed by atoms with van der Waals surface area (Å²) >= 11 is 6.12. The van der Waals surface area contributed by atoms with Gasteiger partial charge in [-0.25, -0.2) is 13.1 Å². The molecule has 0 bridgehead atoms. The fraction of sp³-hybridized carbons (Fsp3) is 0.611. The van der Waals surface area contributed by atoms with E-state index in [0.29, 0.717) is 13.0 Å². The second-order valence-corrected chi connectivity index (χ2v) is 8.71. The van der Waals surface area contributed by atoms with Crippen LogP contribution in [0.4, 0.5) is 0 Å². The molecule has 0 aromatic heterocycles. The van der Waals surface area contributed by atoms with Crippen molar-refractivity contribution in [2.75, 3.05) is 13.2 Å². The van der Waals surface area contributed by atoms with Crippen molar-refractivity contribution in [1.29, 1.82) is 0 Å². The number of amides is 1. The minimum absolute atomic E-state index is 0.0752. The van der Waals surface area contributed by atoms with Gasteiger partial charge in [-0.15, -0.1) is 0 Å². The Labute approximate surface area is 160 Å². The molecule has 26 heavy (non-hydrogen) atoms. The van der Waals surface area contributed by atoms with E-state index < -0.39 is 10.0 Å². The topological polar surface area (TPSA) is 84.5 Å². The molecule has 8 heteroatoms. The Morgan fingerprint density at radius 2 is 1.92 bits per heavy atom. The summed E-state index contributed by atoms with van der Waals surface area (Å²) in [6.45, 7) is 2.10. The van der Waals surface area contributed by atoms with E-state index >= 15 is 0 Å². The summed E-state index contributed by atoms with van der Waals surface area (Å²) in [5, 5.41) is 3.15. The average molecular weight is 403 g/mol. The van der Waals surface area contributed by atoms with Crippen LogP contribution in [0.1, 0.15) is 51.9 Å². The molecule has 1 aliphatic carbocycles. The first kappa shape index (κ1) is 21.0. The van der Waals surface area contributed by atoms with E-state index in [2.05, 4.69) is 10.0 Å². The summed E-state index contributed by atoms with van der Waals surface area (Å²) in [6, 6.07) is 4.43. The number of carbonyl (C=O) groups excluding carboxylic acids is 1. The molecular weight excluding hydrogens is 376 g/mol. The van der Waals surface area contributed by atoms with Gasteiger partial charge < -0.3 is 10.1 Å². The predicted octanol–water partition coefficient (Wildman–Crippen LogP) is 3.25. The van der Waals surface area contributed by atoms with Gasteiger partial charge in [0.25, 0.3) is 5.91 Å². The van der Waals surface area contributed by atoms with Crippen LogP contribution in [0.3, 0.4) is 0 Å². The highest BCUT2D eigenvalue weighted by molar-refractivity contribution is 7.89. The third-order valence-corrected chi connectivity index (χ3v) is 6.09. The first-order valence-electron chi connectivity index (χ1n) is 9.13. The molecule has 2 N–H and O–H groups in total. The van der Waals surface area contributed by atoms with Crippen LogP contribution in [0, 0.1) is 0 Å². The number of halogens is 1. The summed E-state index contributed by atoms with van der Waals surface area (Å²) < 4.78 is 32.1. The maximum atomic E-state index is 12.1. The minimum Gasteiger partial charge on any atom is -0.482 e. The maximum absolute atomic E-state index is 12.1. The number of ether oxygens (including phenoxy) is 1. The van der Waals surface area contributed by atoms with E-state index in [-0.39, 0.29) is 34.2 Å². The largest absolute Gasteiger partial charge is 0.482 e. The zero-order valence-corrected chi connectivity index (χ0v) is 16.7. The van der Waals surface area contributed by atoms with Crippen molar-refractivity contribution in [1.82, 2.24) is 10.0 Å². The van der Waals surface area contributed by atoms with Crippen LogP contribution in [0.25, 0.3) is 0 Å². The number of rotatable bonds is 8. The molecule has 2 rings (SSSR count). The first-order valence-corrected chi connectivity index (χ1v) is 11.0. The second kappa shape index (κ2) is 10.1. The van der Waals surface area contributed by atoms with Gasteiger partial charge in [-0.1, -0.05) is 44.2 Å². The molecule has 1 amide bonds. The van der Waals surface area contributed by atoms with Gasteiger partial charge in [-0.2, -0.15) is 0 Å². The molecule has 1 aromatic rings. The summed E-state index contributed by atoms with van der Waals surface area (Å²) in [5.41, 5.74) is 0. The van der Waals surface area contributed by atoms with Crippen molar-refractivity contribution in [3.63, 3.8) is 0 Å². The van der Waals surface area contributed by atoms with Gasteiger partial charge >= 0.3 is 0 Å². The van der Waals surface area contributed by atoms with Gasteiger partial charge in [-0.05, 0) is 37.5 Å². The van der Waals surface area contributed by atoms with Crippen molar-refractivity contribution in [3.05, 3.63) is 23.2 Å². The van der Waals surface area contributed by atoms with E-state index in [0.717, 1.165) is 25.7 Å². The van der Waals surface area contributed by atoms with Gasteiger partial charge in [0.05, 0.1) is 9.92 Å². The highest BCUT2D eigenvalue weighted by Gasteiger charge is 2.17. The smallest absolute Gasteiger partial charge is 0.258 e. The van der Waals surface area contributed by atoms with E-state index in [1.54, 1.807) is 0 Å². The second-order valence-electron chi connectivity index (χ2n) is 6.53. The molecule has 0 spiro atoms. The average Bonchev–Trinajstić information content (AvgIpc) is 2.87. The summed E-state index contributed by atoms with van der Waals surface area (Å²) in [4.78, 5) is 12.1. The van der Waals surface area contributed by atoms with Gasteiger partial charge in [0.2, 0.25) is 10.0 Å². The lowest BCUT2D eigenvalue weighted by molar-refractivity contribution is -0.123. The molecule has 0 aliphatic heterocycles. The number of hydrogen-bond acceptors (Lipinski definition) is 4. The molecule has 6 nitrogen and oxygen atoms in total. The SMILES string of the molecule is CCCNS(=O)(=O)c1ccc(OCC(=O)NC2CCCCCC2)c(Cl)c1. The van der Waals surface area contributed by atoms with Crippen LogP contribution < -0.4 is 14.8 Å². The molecule has 0 unspecified atom stereocenters. The van der Waals surface area contributed by atoms with Crippen molar-refractivity contribution in [3.8, 4) is 5.75 Å². The molecule has 1 saturated carbocycles. The monoisotopic (exact) mass is 402 g/mol. The van der Waals surface area contributed by atoms with Gasteiger partial charge in [0.1, 0.15) is 5.75 Å². The molecular formula is C18H27ClN2O4S. The number of sulfonamides is 1. The normalized spacial score (nSPS) is 16.1. The first-order chi connectivity index (χ1) is 12.4. The molecule has 0 saturated heterocycles. The summed E-state index contributed by atoms with van der Waals surface area (Å²) in [7, 11) is -3.58. The Kier molecular flexibility index (Phi) is 8.18. The summed E-state index contributed by atoms with van der Waals surface area (Å²) in [5.74, 6) is 0.103. The van der Waals surface area contributed by atoms with Crippen LogP contribution in [0.2, 0.25) is 5.02 Å². The number of hydrogen-bond donors (Lipinski definition) is 2. The van der Waals surface area contributed by atoms with Crippen molar-refractivity contribution in [2.45, 2.75) is 62.8 Å². The zero-order chi connectivity index (χ0) is 19.0. The van der Waals surface area contributed by atoms with E-state index in [1.807, 2.05) is 6.92 Å².